The zero-order chi connectivity index (χ0) is 12.6. The summed E-state index contributed by atoms with van der Waals surface area (Å²) in [6.45, 7) is 6.10. The molecule has 0 amide bonds. The number of hydrogen-bond donors (Lipinski definition) is 0. The summed E-state index contributed by atoms with van der Waals surface area (Å²) in [4.78, 5) is 11.7. The zero-order valence-electron chi connectivity index (χ0n) is 10.3. The monoisotopic (exact) mass is 290 g/mol. The number of carbonyl (C=O) groups is 1. The second kappa shape index (κ2) is 8.39. The third-order valence-electron chi connectivity index (χ3n) is 2.18. The highest BCUT2D eigenvalue weighted by Crippen LogP contribution is 2.15. The van der Waals surface area contributed by atoms with Crippen molar-refractivity contribution in [2.45, 2.75) is 27.2 Å². The van der Waals surface area contributed by atoms with E-state index in [1.54, 1.807) is 20.1 Å². The van der Waals surface area contributed by atoms with Crippen LogP contribution in [0.1, 0.15) is 27.2 Å². The molecule has 0 aliphatic heterocycles. The second-order valence-corrected chi connectivity index (χ2v) is 3.78. The highest BCUT2D eigenvalue weighted by Gasteiger charge is 2.12. The number of allylic oxidation sites excluding steroid dienone is 2. The molecule has 92 valence electrons. The van der Waals surface area contributed by atoms with Crippen LogP contribution < -0.4 is 0 Å². The molecule has 0 aliphatic carbocycles. The van der Waals surface area contributed by atoms with Crippen LogP contribution in [-0.2, 0) is 14.3 Å². The number of esters is 1. The average molecular weight is 291 g/mol. The van der Waals surface area contributed by atoms with Crippen molar-refractivity contribution in [2.75, 3.05) is 19.0 Å². The largest absolute Gasteiger partial charge is 0.500 e. The topological polar surface area (TPSA) is 35.5 Å². The van der Waals surface area contributed by atoms with Gasteiger partial charge in [0.2, 0.25) is 0 Å². The number of methoxy groups -OCH3 is 1. The first-order valence-corrected chi connectivity index (χ1v) is 6.40. The minimum Gasteiger partial charge on any atom is -0.500 e. The summed E-state index contributed by atoms with van der Waals surface area (Å²) in [7, 11) is 1.58. The lowest BCUT2D eigenvalue weighted by atomic mass is 10.1. The smallest absolute Gasteiger partial charge is 0.338 e. The number of ether oxygens (including phenoxy) is 2. The van der Waals surface area contributed by atoms with Gasteiger partial charge in [-0.25, -0.2) is 4.79 Å². The standard InChI is InChI=1S/C12H19BrO3/c1-5-9(3)11(12(14)16-6-2)7-10(8-13)15-4/h7H,5-6,8H2,1-4H3/b10-7-,11-9-. The molecule has 0 aliphatic rings. The highest BCUT2D eigenvalue weighted by atomic mass is 79.9. The highest BCUT2D eigenvalue weighted by molar-refractivity contribution is 9.09. The Hall–Kier alpha value is -0.770. The van der Waals surface area contributed by atoms with Gasteiger partial charge >= 0.3 is 5.97 Å². The van der Waals surface area contributed by atoms with Crippen molar-refractivity contribution in [3.8, 4) is 0 Å². The minimum absolute atomic E-state index is 0.294. The normalized spacial score (nSPS) is 13.2. The molecule has 0 saturated carbocycles. The SMILES string of the molecule is CCOC(=O)C(/C=C(/CBr)OC)=C(/C)CC. The van der Waals surface area contributed by atoms with Crippen LogP contribution in [0.5, 0.6) is 0 Å². The summed E-state index contributed by atoms with van der Waals surface area (Å²) in [6, 6.07) is 0. The number of rotatable bonds is 6. The first-order chi connectivity index (χ1) is 7.60. The maximum absolute atomic E-state index is 11.7. The Balaban J connectivity index is 5.12. The fraction of sp³-hybridized carbons (Fsp3) is 0.583. The summed E-state index contributed by atoms with van der Waals surface area (Å²) in [5.74, 6) is 0.410. The minimum atomic E-state index is -0.294. The van der Waals surface area contributed by atoms with E-state index < -0.39 is 0 Å². The fourth-order valence-electron chi connectivity index (χ4n) is 1.07. The second-order valence-electron chi connectivity index (χ2n) is 3.22. The van der Waals surface area contributed by atoms with Crippen molar-refractivity contribution in [1.29, 1.82) is 0 Å². The third kappa shape index (κ3) is 4.84. The lowest BCUT2D eigenvalue weighted by Crippen LogP contribution is -2.09. The van der Waals surface area contributed by atoms with Crippen LogP contribution in [0.2, 0.25) is 0 Å². The van der Waals surface area contributed by atoms with Gasteiger partial charge in [0.15, 0.2) is 0 Å². The number of carbonyl (C=O) groups excluding carboxylic acids is 1. The molecule has 4 heteroatoms. The molecule has 3 nitrogen and oxygen atoms in total. The Morgan fingerprint density at radius 3 is 2.38 bits per heavy atom. The third-order valence-corrected chi connectivity index (χ3v) is 2.74. The van der Waals surface area contributed by atoms with Crippen molar-refractivity contribution in [2.24, 2.45) is 0 Å². The lowest BCUT2D eigenvalue weighted by Gasteiger charge is -2.08. The predicted octanol–water partition coefficient (Wildman–Crippen LogP) is 3.20. The maximum atomic E-state index is 11.7. The quantitative estimate of drug-likeness (QED) is 0.248. The molecule has 0 heterocycles. The van der Waals surface area contributed by atoms with Crippen LogP contribution in [0.3, 0.4) is 0 Å². The number of alkyl halides is 1. The van der Waals surface area contributed by atoms with Gasteiger partial charge in [0.05, 0.1) is 24.6 Å². The van der Waals surface area contributed by atoms with E-state index >= 15 is 0 Å². The van der Waals surface area contributed by atoms with Crippen LogP contribution in [0.25, 0.3) is 0 Å². The fourth-order valence-corrected chi connectivity index (χ4v) is 1.46. The van der Waals surface area contributed by atoms with E-state index in [-0.39, 0.29) is 5.97 Å². The first-order valence-electron chi connectivity index (χ1n) is 5.28. The van der Waals surface area contributed by atoms with Crippen LogP contribution in [0, 0.1) is 0 Å². The Bertz CT molecular complexity index is 287. The van der Waals surface area contributed by atoms with Crippen LogP contribution in [0.15, 0.2) is 23.0 Å². The van der Waals surface area contributed by atoms with Crippen molar-refractivity contribution in [1.82, 2.24) is 0 Å². The molecule has 0 bridgehead atoms. The Labute approximate surface area is 106 Å². The van der Waals surface area contributed by atoms with E-state index in [0.717, 1.165) is 12.0 Å². The van der Waals surface area contributed by atoms with Crippen LogP contribution >= 0.6 is 15.9 Å². The molecule has 0 aromatic carbocycles. The van der Waals surface area contributed by atoms with Crippen LogP contribution in [0.4, 0.5) is 0 Å². The van der Waals surface area contributed by atoms with Gasteiger partial charge in [0.1, 0.15) is 5.76 Å². The molecule has 0 rings (SSSR count). The van der Waals surface area contributed by atoms with Gasteiger partial charge < -0.3 is 9.47 Å². The molecule has 0 aromatic rings. The van der Waals surface area contributed by atoms with Crippen molar-refractivity contribution >= 4 is 21.9 Å². The zero-order valence-corrected chi connectivity index (χ0v) is 11.9. The van der Waals surface area contributed by atoms with Gasteiger partial charge in [-0.05, 0) is 26.3 Å². The summed E-state index contributed by atoms with van der Waals surface area (Å²) in [5.41, 5.74) is 1.58. The Kier molecular flexibility index (Phi) is 7.99. The molecule has 0 N–H and O–H groups in total. The van der Waals surface area contributed by atoms with Gasteiger partial charge in [-0.2, -0.15) is 0 Å². The predicted molar refractivity (Wildman–Crippen MR) is 68.5 cm³/mol. The van der Waals surface area contributed by atoms with Gasteiger partial charge in [0, 0.05) is 0 Å². The first kappa shape index (κ1) is 15.2. The lowest BCUT2D eigenvalue weighted by molar-refractivity contribution is -0.138. The van der Waals surface area contributed by atoms with E-state index in [1.165, 1.54) is 0 Å². The number of halogens is 1. The molecule has 16 heavy (non-hydrogen) atoms. The molecule has 0 unspecified atom stereocenters. The molecular weight excluding hydrogens is 272 g/mol. The van der Waals surface area contributed by atoms with Crippen molar-refractivity contribution < 1.29 is 14.3 Å². The van der Waals surface area contributed by atoms with E-state index in [1.807, 2.05) is 13.8 Å². The van der Waals surface area contributed by atoms with Crippen molar-refractivity contribution in [3.63, 3.8) is 0 Å². The summed E-state index contributed by atoms with van der Waals surface area (Å²) in [6.07, 6.45) is 2.54. The van der Waals surface area contributed by atoms with E-state index in [4.69, 9.17) is 9.47 Å². The van der Waals surface area contributed by atoms with E-state index in [9.17, 15) is 4.79 Å². The van der Waals surface area contributed by atoms with Gasteiger partial charge in [-0.1, -0.05) is 28.4 Å². The molecule has 0 saturated heterocycles. The molecule has 0 fully saturated rings. The summed E-state index contributed by atoms with van der Waals surface area (Å²) >= 11 is 3.30. The van der Waals surface area contributed by atoms with Crippen LogP contribution in [-0.4, -0.2) is 25.0 Å². The summed E-state index contributed by atoms with van der Waals surface area (Å²) < 4.78 is 10.1. The van der Waals surface area contributed by atoms with Gasteiger partial charge in [0.25, 0.3) is 0 Å². The average Bonchev–Trinajstić information content (AvgIpc) is 2.30. The molecule has 0 aromatic heterocycles. The number of hydrogen-bond acceptors (Lipinski definition) is 3. The van der Waals surface area contributed by atoms with E-state index in [0.29, 0.717) is 23.3 Å². The Morgan fingerprint density at radius 2 is 2.00 bits per heavy atom. The molecule has 0 spiro atoms. The van der Waals surface area contributed by atoms with Gasteiger partial charge in [-0.3, -0.25) is 0 Å². The van der Waals surface area contributed by atoms with E-state index in [2.05, 4.69) is 15.9 Å². The molecule has 0 radical (unpaired) electrons. The van der Waals surface area contributed by atoms with Gasteiger partial charge in [-0.15, -0.1) is 0 Å². The molecular formula is C12H19BrO3. The maximum Gasteiger partial charge on any atom is 0.338 e. The molecule has 0 atom stereocenters. The van der Waals surface area contributed by atoms with Crippen molar-refractivity contribution in [3.05, 3.63) is 23.0 Å². The summed E-state index contributed by atoms with van der Waals surface area (Å²) in [5, 5.41) is 0.573. The Morgan fingerprint density at radius 1 is 1.38 bits per heavy atom.